The van der Waals surface area contributed by atoms with E-state index < -0.39 is 5.79 Å². The SMILES string of the molecule is CCOC[C@@H]1CO[C@@](Cn2cncn2)(c2cc3cc(Cl)cc(Cl)c3o2)O1. The van der Waals surface area contributed by atoms with Crippen molar-refractivity contribution in [2.24, 2.45) is 0 Å². The summed E-state index contributed by atoms with van der Waals surface area (Å²) < 4.78 is 25.3. The summed E-state index contributed by atoms with van der Waals surface area (Å²) in [5, 5.41) is 5.88. The molecule has 3 aromatic rings. The van der Waals surface area contributed by atoms with Crippen molar-refractivity contribution in [1.82, 2.24) is 14.8 Å². The third-order valence-electron chi connectivity index (χ3n) is 4.12. The molecule has 26 heavy (non-hydrogen) atoms. The Balaban J connectivity index is 1.72. The Kier molecular flexibility index (Phi) is 4.90. The highest BCUT2D eigenvalue weighted by Gasteiger charge is 2.47. The molecule has 0 N–H and O–H groups in total. The molecule has 0 saturated carbocycles. The van der Waals surface area contributed by atoms with Crippen molar-refractivity contribution >= 4 is 34.2 Å². The molecule has 1 aromatic carbocycles. The van der Waals surface area contributed by atoms with Gasteiger partial charge in [0.25, 0.3) is 0 Å². The van der Waals surface area contributed by atoms with E-state index in [-0.39, 0.29) is 12.6 Å². The van der Waals surface area contributed by atoms with Crippen LogP contribution in [0.25, 0.3) is 11.0 Å². The largest absolute Gasteiger partial charge is 0.454 e. The van der Waals surface area contributed by atoms with Crippen molar-refractivity contribution in [2.45, 2.75) is 25.4 Å². The maximum atomic E-state index is 6.26. The highest BCUT2D eigenvalue weighted by atomic mass is 35.5. The van der Waals surface area contributed by atoms with E-state index in [1.165, 1.54) is 6.33 Å². The lowest BCUT2D eigenvalue weighted by Crippen LogP contribution is -2.34. The minimum absolute atomic E-state index is 0.217. The number of nitrogens with zero attached hydrogens (tertiary/aromatic N) is 3. The van der Waals surface area contributed by atoms with Crippen LogP contribution in [0.5, 0.6) is 0 Å². The maximum absolute atomic E-state index is 6.26. The van der Waals surface area contributed by atoms with Crippen LogP contribution in [0.3, 0.4) is 0 Å². The molecular formula is C17H17Cl2N3O4. The monoisotopic (exact) mass is 397 g/mol. The van der Waals surface area contributed by atoms with Gasteiger partial charge < -0.3 is 18.6 Å². The van der Waals surface area contributed by atoms with Crippen molar-refractivity contribution in [3.63, 3.8) is 0 Å². The summed E-state index contributed by atoms with van der Waals surface area (Å²) >= 11 is 12.4. The molecule has 0 spiro atoms. The molecule has 2 aromatic heterocycles. The fourth-order valence-corrected chi connectivity index (χ4v) is 3.53. The molecule has 0 amide bonds. The molecule has 0 bridgehead atoms. The smallest absolute Gasteiger partial charge is 0.249 e. The predicted octanol–water partition coefficient (Wildman–Crippen LogP) is 3.64. The van der Waals surface area contributed by atoms with Crippen LogP contribution >= 0.6 is 23.2 Å². The first-order valence-corrected chi connectivity index (χ1v) is 8.96. The first-order chi connectivity index (χ1) is 12.6. The first-order valence-electron chi connectivity index (χ1n) is 8.20. The Morgan fingerprint density at radius 2 is 2.23 bits per heavy atom. The van der Waals surface area contributed by atoms with Gasteiger partial charge in [-0.1, -0.05) is 23.2 Å². The zero-order valence-corrected chi connectivity index (χ0v) is 15.5. The summed E-state index contributed by atoms with van der Waals surface area (Å²) in [6.45, 7) is 3.63. The number of halogens is 2. The number of fused-ring (bicyclic) bond motifs is 1. The minimum atomic E-state index is -1.15. The van der Waals surface area contributed by atoms with E-state index in [0.29, 0.717) is 41.2 Å². The molecule has 138 valence electrons. The van der Waals surface area contributed by atoms with E-state index in [0.717, 1.165) is 5.39 Å². The zero-order valence-electron chi connectivity index (χ0n) is 14.0. The highest BCUT2D eigenvalue weighted by Crippen LogP contribution is 2.40. The Labute approximate surface area is 159 Å². The summed E-state index contributed by atoms with van der Waals surface area (Å²) in [5.41, 5.74) is 0.532. The Morgan fingerprint density at radius 3 is 3.00 bits per heavy atom. The summed E-state index contributed by atoms with van der Waals surface area (Å²) in [6, 6.07) is 5.25. The molecule has 2 atom stereocenters. The van der Waals surface area contributed by atoms with Crippen LogP contribution in [-0.2, 0) is 26.5 Å². The van der Waals surface area contributed by atoms with Crippen LogP contribution in [-0.4, -0.2) is 40.7 Å². The lowest BCUT2D eigenvalue weighted by Gasteiger charge is -2.25. The van der Waals surface area contributed by atoms with E-state index in [1.807, 2.05) is 13.0 Å². The maximum Gasteiger partial charge on any atom is 0.249 e. The molecule has 4 rings (SSSR count). The molecule has 0 radical (unpaired) electrons. The van der Waals surface area contributed by atoms with Crippen molar-refractivity contribution in [2.75, 3.05) is 19.8 Å². The standard InChI is InChI=1S/C17H17Cl2N3O4/c1-2-23-6-13-7-24-17(26-13,8-22-10-20-9-21-22)15-4-11-3-12(18)5-14(19)16(11)25-15/h3-5,9-10,13H,2,6-8H2,1H3/t13-,17-/m1/s1. The normalized spacial score (nSPS) is 23.1. The van der Waals surface area contributed by atoms with Gasteiger partial charge in [-0.15, -0.1) is 0 Å². The second-order valence-corrected chi connectivity index (χ2v) is 6.82. The molecule has 0 unspecified atom stereocenters. The number of furan rings is 1. The predicted molar refractivity (Wildman–Crippen MR) is 95.3 cm³/mol. The van der Waals surface area contributed by atoms with E-state index in [2.05, 4.69) is 10.1 Å². The van der Waals surface area contributed by atoms with Gasteiger partial charge in [-0.2, -0.15) is 5.10 Å². The van der Waals surface area contributed by atoms with Crippen LogP contribution in [0, 0.1) is 0 Å². The topological polar surface area (TPSA) is 71.5 Å². The highest BCUT2D eigenvalue weighted by molar-refractivity contribution is 6.38. The van der Waals surface area contributed by atoms with Gasteiger partial charge in [-0.3, -0.25) is 0 Å². The molecule has 1 aliphatic heterocycles. The van der Waals surface area contributed by atoms with Crippen molar-refractivity contribution in [1.29, 1.82) is 0 Å². The average Bonchev–Trinajstić information content (AvgIpc) is 3.33. The molecule has 1 saturated heterocycles. The first kappa shape index (κ1) is 17.8. The second-order valence-electron chi connectivity index (χ2n) is 5.97. The van der Waals surface area contributed by atoms with Gasteiger partial charge in [0.05, 0.1) is 18.2 Å². The number of ether oxygens (including phenoxy) is 3. The Morgan fingerprint density at radius 1 is 1.35 bits per heavy atom. The van der Waals surface area contributed by atoms with Gasteiger partial charge in [0.15, 0.2) is 11.3 Å². The number of rotatable bonds is 6. The summed E-state index contributed by atoms with van der Waals surface area (Å²) in [5.74, 6) is -0.657. The van der Waals surface area contributed by atoms with Crippen LogP contribution in [0.4, 0.5) is 0 Å². The quantitative estimate of drug-likeness (QED) is 0.632. The van der Waals surface area contributed by atoms with Gasteiger partial charge in [0.1, 0.15) is 25.3 Å². The second kappa shape index (κ2) is 7.17. The van der Waals surface area contributed by atoms with E-state index in [4.69, 9.17) is 41.8 Å². The van der Waals surface area contributed by atoms with E-state index in [1.54, 1.807) is 23.1 Å². The van der Waals surface area contributed by atoms with E-state index in [9.17, 15) is 0 Å². The lowest BCUT2D eigenvalue weighted by atomic mass is 10.2. The Bertz CT molecular complexity index is 899. The van der Waals surface area contributed by atoms with E-state index >= 15 is 0 Å². The molecule has 0 aliphatic carbocycles. The van der Waals surface area contributed by atoms with Crippen molar-refractivity contribution in [3.8, 4) is 0 Å². The zero-order chi connectivity index (χ0) is 18.1. The molecule has 1 aliphatic rings. The summed E-state index contributed by atoms with van der Waals surface area (Å²) in [7, 11) is 0. The molecular weight excluding hydrogens is 381 g/mol. The number of benzene rings is 1. The third-order valence-corrected chi connectivity index (χ3v) is 4.61. The van der Waals surface area contributed by atoms with Crippen LogP contribution in [0.2, 0.25) is 10.0 Å². The summed E-state index contributed by atoms with van der Waals surface area (Å²) in [4.78, 5) is 3.97. The van der Waals surface area contributed by atoms with Gasteiger partial charge >= 0.3 is 0 Å². The van der Waals surface area contributed by atoms with Gasteiger partial charge in [-0.25, -0.2) is 9.67 Å². The number of hydrogen-bond acceptors (Lipinski definition) is 6. The molecule has 7 nitrogen and oxygen atoms in total. The average molecular weight is 398 g/mol. The van der Waals surface area contributed by atoms with Gasteiger partial charge in [0, 0.05) is 17.0 Å². The van der Waals surface area contributed by atoms with Crippen molar-refractivity contribution in [3.05, 3.63) is 46.7 Å². The van der Waals surface area contributed by atoms with Gasteiger partial charge in [-0.05, 0) is 25.1 Å². The summed E-state index contributed by atoms with van der Waals surface area (Å²) in [6.07, 6.45) is 2.83. The fourth-order valence-electron chi connectivity index (χ4n) is 2.98. The molecule has 9 heteroatoms. The number of hydrogen-bond donors (Lipinski definition) is 0. The Hall–Kier alpha value is -1.64. The molecule has 1 fully saturated rings. The van der Waals surface area contributed by atoms with Crippen LogP contribution in [0.1, 0.15) is 12.7 Å². The van der Waals surface area contributed by atoms with Crippen LogP contribution < -0.4 is 0 Å². The molecule has 3 heterocycles. The lowest BCUT2D eigenvalue weighted by molar-refractivity contribution is -0.203. The number of aromatic nitrogens is 3. The van der Waals surface area contributed by atoms with Crippen LogP contribution in [0.15, 0.2) is 35.3 Å². The van der Waals surface area contributed by atoms with Crippen molar-refractivity contribution < 1.29 is 18.6 Å². The van der Waals surface area contributed by atoms with Gasteiger partial charge in [0.2, 0.25) is 5.79 Å². The fraction of sp³-hybridized carbons (Fsp3) is 0.412. The third kappa shape index (κ3) is 3.33. The minimum Gasteiger partial charge on any atom is -0.454 e.